The van der Waals surface area contributed by atoms with Gasteiger partial charge in [0.25, 0.3) is 11.1 Å². The van der Waals surface area contributed by atoms with Crippen molar-refractivity contribution in [3.8, 4) is 0 Å². The molecule has 1 fully saturated rings. The van der Waals surface area contributed by atoms with Crippen molar-refractivity contribution in [1.29, 1.82) is 0 Å². The molecule has 0 saturated carbocycles. The molecule has 1 N–H and O–H groups in total. The average Bonchev–Trinajstić information content (AvgIpc) is 3.07. The van der Waals surface area contributed by atoms with Crippen molar-refractivity contribution in [2.24, 2.45) is 0 Å². The predicted molar refractivity (Wildman–Crippen MR) is 96.5 cm³/mol. The molecule has 4 rings (SSSR count). The lowest BCUT2D eigenvalue weighted by molar-refractivity contribution is -0.115. The molecule has 4 nitrogen and oxygen atoms in total. The van der Waals surface area contributed by atoms with Crippen LogP contribution in [-0.4, -0.2) is 15.7 Å². The van der Waals surface area contributed by atoms with E-state index >= 15 is 0 Å². The van der Waals surface area contributed by atoms with Crippen LogP contribution in [0.5, 0.6) is 0 Å². The van der Waals surface area contributed by atoms with E-state index in [9.17, 15) is 18.4 Å². The van der Waals surface area contributed by atoms with Crippen LogP contribution in [0.3, 0.4) is 0 Å². The van der Waals surface area contributed by atoms with Gasteiger partial charge >= 0.3 is 0 Å². The zero-order valence-electron chi connectivity index (χ0n) is 13.3. The number of imide groups is 1. The van der Waals surface area contributed by atoms with Gasteiger partial charge in [-0.05, 0) is 41.6 Å². The lowest BCUT2D eigenvalue weighted by Crippen LogP contribution is -2.17. The Labute approximate surface area is 151 Å². The van der Waals surface area contributed by atoms with Crippen LogP contribution in [0.4, 0.5) is 13.6 Å². The lowest BCUT2D eigenvalue weighted by atomic mass is 10.1. The van der Waals surface area contributed by atoms with E-state index in [1.54, 1.807) is 12.3 Å². The van der Waals surface area contributed by atoms with E-state index in [1.165, 1.54) is 12.1 Å². The Bertz CT molecular complexity index is 1070. The first kappa shape index (κ1) is 16.5. The summed E-state index contributed by atoms with van der Waals surface area (Å²) in [5.41, 5.74) is 2.11. The number of para-hydroxylation sites is 1. The Hall–Kier alpha value is -2.93. The van der Waals surface area contributed by atoms with Crippen molar-refractivity contribution in [1.82, 2.24) is 9.88 Å². The molecule has 0 bridgehead atoms. The number of nitrogens with zero attached hydrogens (tertiary/aromatic N) is 1. The predicted octanol–water partition coefficient (Wildman–Crippen LogP) is 4.29. The number of amides is 2. The minimum atomic E-state index is -0.628. The molecule has 2 amide bonds. The molecule has 26 heavy (non-hydrogen) atoms. The maximum Gasteiger partial charge on any atom is 0.290 e. The van der Waals surface area contributed by atoms with E-state index in [0.717, 1.165) is 34.3 Å². The summed E-state index contributed by atoms with van der Waals surface area (Å²) in [4.78, 5) is 23.4. The summed E-state index contributed by atoms with van der Waals surface area (Å²) in [5, 5.41) is 2.70. The topological polar surface area (TPSA) is 51.1 Å². The fourth-order valence-electron chi connectivity index (χ4n) is 2.98. The minimum Gasteiger partial charge on any atom is -0.342 e. The summed E-state index contributed by atoms with van der Waals surface area (Å²) < 4.78 is 28.8. The highest BCUT2D eigenvalue weighted by Crippen LogP contribution is 2.30. The summed E-state index contributed by atoms with van der Waals surface area (Å²) in [6.45, 7) is 0.274. The molecule has 1 aliphatic rings. The number of aromatic nitrogens is 1. The standard InChI is InChI=1S/C19H12F2N2O2S/c20-13-5-11(6-14(21)8-13)9-23-10-12(15-3-1-2-4-16(15)23)7-17-18(24)22-19(25)26-17/h1-8,10H,9H2,(H,22,24,25). The number of hydrogen-bond donors (Lipinski definition) is 1. The highest BCUT2D eigenvalue weighted by atomic mass is 32.2. The summed E-state index contributed by atoms with van der Waals surface area (Å²) in [6.07, 6.45) is 3.45. The van der Waals surface area contributed by atoms with Crippen LogP contribution < -0.4 is 5.32 Å². The number of thioether (sulfide) groups is 1. The Kier molecular flexibility index (Phi) is 4.08. The van der Waals surface area contributed by atoms with Gasteiger partial charge in [0, 0.05) is 35.3 Å². The van der Waals surface area contributed by atoms with Gasteiger partial charge in [-0.3, -0.25) is 14.9 Å². The molecule has 130 valence electrons. The molecule has 0 atom stereocenters. The average molecular weight is 370 g/mol. The molecular formula is C19H12F2N2O2S. The Morgan fingerprint density at radius 1 is 1.08 bits per heavy atom. The van der Waals surface area contributed by atoms with Crippen LogP contribution >= 0.6 is 11.8 Å². The van der Waals surface area contributed by atoms with E-state index < -0.39 is 22.8 Å². The summed E-state index contributed by atoms with van der Waals surface area (Å²) in [5.74, 6) is -1.68. The molecule has 0 spiro atoms. The molecule has 7 heteroatoms. The highest BCUT2D eigenvalue weighted by Gasteiger charge is 2.25. The molecule has 3 aromatic rings. The third-order valence-corrected chi connectivity index (χ3v) is 4.83. The van der Waals surface area contributed by atoms with Gasteiger partial charge in [0.15, 0.2) is 0 Å². The number of benzene rings is 2. The maximum absolute atomic E-state index is 13.5. The highest BCUT2D eigenvalue weighted by molar-refractivity contribution is 8.18. The first-order valence-electron chi connectivity index (χ1n) is 7.77. The van der Waals surface area contributed by atoms with Crippen molar-refractivity contribution >= 4 is 39.9 Å². The van der Waals surface area contributed by atoms with Gasteiger partial charge in [0.05, 0.1) is 4.91 Å². The van der Waals surface area contributed by atoms with Gasteiger partial charge in [-0.2, -0.15) is 0 Å². The second-order valence-corrected chi connectivity index (χ2v) is 6.87. The molecule has 2 aromatic carbocycles. The monoisotopic (exact) mass is 370 g/mol. The first-order valence-corrected chi connectivity index (χ1v) is 8.59. The third-order valence-electron chi connectivity index (χ3n) is 4.02. The zero-order chi connectivity index (χ0) is 18.3. The maximum atomic E-state index is 13.5. The van der Waals surface area contributed by atoms with Crippen LogP contribution in [0.2, 0.25) is 0 Å². The van der Waals surface area contributed by atoms with Crippen molar-refractivity contribution < 1.29 is 18.4 Å². The molecular weight excluding hydrogens is 358 g/mol. The number of nitrogens with one attached hydrogen (secondary N) is 1. The van der Waals surface area contributed by atoms with Crippen LogP contribution in [0.1, 0.15) is 11.1 Å². The molecule has 1 saturated heterocycles. The van der Waals surface area contributed by atoms with Gasteiger partial charge in [-0.15, -0.1) is 0 Å². The lowest BCUT2D eigenvalue weighted by Gasteiger charge is -2.06. The fraction of sp³-hybridized carbons (Fsp3) is 0.0526. The van der Waals surface area contributed by atoms with Crippen LogP contribution in [0.25, 0.3) is 17.0 Å². The molecule has 1 aromatic heterocycles. The summed E-state index contributed by atoms with van der Waals surface area (Å²) in [6, 6.07) is 10.9. The minimum absolute atomic E-state index is 0.274. The number of hydrogen-bond acceptors (Lipinski definition) is 3. The molecule has 2 heterocycles. The van der Waals surface area contributed by atoms with Crippen LogP contribution in [0, 0.1) is 11.6 Å². The first-order chi connectivity index (χ1) is 12.5. The number of rotatable bonds is 3. The van der Waals surface area contributed by atoms with Crippen molar-refractivity contribution in [2.45, 2.75) is 6.54 Å². The fourth-order valence-corrected chi connectivity index (χ4v) is 3.66. The van der Waals surface area contributed by atoms with Crippen LogP contribution in [-0.2, 0) is 11.3 Å². The second kappa shape index (κ2) is 6.42. The van der Waals surface area contributed by atoms with Gasteiger partial charge in [0.2, 0.25) is 0 Å². The van der Waals surface area contributed by atoms with Crippen molar-refractivity contribution in [3.63, 3.8) is 0 Å². The number of carbonyl (C=O) groups is 2. The number of carbonyl (C=O) groups excluding carboxylic acids is 2. The Morgan fingerprint density at radius 3 is 2.50 bits per heavy atom. The van der Waals surface area contributed by atoms with E-state index in [2.05, 4.69) is 5.32 Å². The van der Waals surface area contributed by atoms with Gasteiger partial charge in [0.1, 0.15) is 11.6 Å². The summed E-state index contributed by atoms with van der Waals surface area (Å²) in [7, 11) is 0. The van der Waals surface area contributed by atoms with Gasteiger partial charge in [-0.25, -0.2) is 8.78 Å². The summed E-state index contributed by atoms with van der Waals surface area (Å²) >= 11 is 0.847. The smallest absolute Gasteiger partial charge is 0.290 e. The normalized spacial score (nSPS) is 15.8. The second-order valence-electron chi connectivity index (χ2n) is 5.86. The molecule has 0 aliphatic carbocycles. The van der Waals surface area contributed by atoms with E-state index in [4.69, 9.17) is 0 Å². The SMILES string of the molecule is O=C1NC(=O)C(=Cc2cn(Cc3cc(F)cc(F)c3)c3ccccc23)S1. The van der Waals surface area contributed by atoms with Crippen molar-refractivity contribution in [3.05, 3.63) is 76.3 Å². The molecule has 1 aliphatic heterocycles. The molecule has 0 radical (unpaired) electrons. The quantitative estimate of drug-likeness (QED) is 0.700. The van der Waals surface area contributed by atoms with E-state index in [-0.39, 0.29) is 6.54 Å². The third kappa shape index (κ3) is 3.13. The number of halogens is 2. The van der Waals surface area contributed by atoms with E-state index in [1.807, 2.05) is 28.8 Å². The van der Waals surface area contributed by atoms with Gasteiger partial charge in [-0.1, -0.05) is 18.2 Å². The molecule has 0 unspecified atom stereocenters. The Morgan fingerprint density at radius 2 is 1.81 bits per heavy atom. The van der Waals surface area contributed by atoms with Crippen LogP contribution in [0.15, 0.2) is 53.6 Å². The zero-order valence-corrected chi connectivity index (χ0v) is 14.1. The number of fused-ring (bicyclic) bond motifs is 1. The Balaban J connectivity index is 1.78. The van der Waals surface area contributed by atoms with Gasteiger partial charge < -0.3 is 4.57 Å². The van der Waals surface area contributed by atoms with E-state index in [0.29, 0.717) is 10.5 Å². The van der Waals surface area contributed by atoms with Crippen molar-refractivity contribution in [2.75, 3.05) is 0 Å². The largest absolute Gasteiger partial charge is 0.342 e.